The summed E-state index contributed by atoms with van der Waals surface area (Å²) in [6, 6.07) is 11.0. The molecule has 2 aromatic rings. The molecular weight excluding hydrogens is 319 g/mol. The molecular formula is C18H18Cl2O2. The maximum Gasteiger partial charge on any atom is 0.134 e. The number of halogens is 2. The molecule has 2 nitrogen and oxygen atoms in total. The van der Waals surface area contributed by atoms with Gasteiger partial charge in [0.15, 0.2) is 0 Å². The number of phenols is 2. The van der Waals surface area contributed by atoms with Crippen LogP contribution >= 0.6 is 23.2 Å². The zero-order valence-corrected chi connectivity index (χ0v) is 13.6. The summed E-state index contributed by atoms with van der Waals surface area (Å²) in [5.74, 6) is 0.932. The monoisotopic (exact) mass is 336 g/mol. The molecule has 2 aromatic carbocycles. The molecule has 1 saturated carbocycles. The molecule has 0 unspecified atom stereocenters. The van der Waals surface area contributed by atoms with Crippen LogP contribution < -0.4 is 0 Å². The van der Waals surface area contributed by atoms with Crippen molar-refractivity contribution in [2.75, 3.05) is 0 Å². The van der Waals surface area contributed by atoms with Gasteiger partial charge in [0.2, 0.25) is 0 Å². The van der Waals surface area contributed by atoms with E-state index < -0.39 is 0 Å². The Bertz CT molecular complexity index is 660. The zero-order chi connectivity index (χ0) is 15.7. The Hall–Kier alpha value is -1.38. The van der Waals surface area contributed by atoms with Crippen LogP contribution in [0.4, 0.5) is 0 Å². The molecule has 0 aliphatic heterocycles. The first kappa shape index (κ1) is 15.5. The van der Waals surface area contributed by atoms with Gasteiger partial charge >= 0.3 is 0 Å². The normalized spacial score (nSPS) is 21.7. The third kappa shape index (κ3) is 3.04. The summed E-state index contributed by atoms with van der Waals surface area (Å²) < 4.78 is 0. The maximum absolute atomic E-state index is 10.1. The average Bonchev–Trinajstić information content (AvgIpc) is 2.53. The molecule has 22 heavy (non-hydrogen) atoms. The second-order valence-electron chi connectivity index (χ2n) is 5.93. The summed E-state index contributed by atoms with van der Waals surface area (Å²) in [5.41, 5.74) is 2.00. The van der Waals surface area contributed by atoms with E-state index in [1.807, 2.05) is 12.1 Å². The van der Waals surface area contributed by atoms with Gasteiger partial charge < -0.3 is 10.2 Å². The third-order valence-electron chi connectivity index (χ3n) is 4.61. The highest BCUT2D eigenvalue weighted by Crippen LogP contribution is 2.47. The zero-order valence-electron chi connectivity index (χ0n) is 12.1. The molecule has 0 radical (unpaired) electrons. The second-order valence-corrected chi connectivity index (χ2v) is 6.75. The van der Waals surface area contributed by atoms with E-state index in [0.29, 0.717) is 11.5 Å². The predicted octanol–water partition coefficient (Wildman–Crippen LogP) is 5.85. The van der Waals surface area contributed by atoms with Crippen molar-refractivity contribution < 1.29 is 10.2 Å². The predicted molar refractivity (Wildman–Crippen MR) is 90.2 cm³/mol. The standard InChI is InChI=1S/C18H18Cl2O2/c19-14-7-5-12(6-8-14)11-1-3-13(4-2-11)17-15(21)9-10-16(22)18(17)20/h5-11,13,21-22H,1-4H2. The van der Waals surface area contributed by atoms with Crippen LogP contribution in [0, 0.1) is 0 Å². The summed E-state index contributed by atoms with van der Waals surface area (Å²) in [6.07, 6.45) is 3.98. The lowest BCUT2D eigenvalue weighted by molar-refractivity contribution is 0.379. The minimum Gasteiger partial charge on any atom is -0.508 e. The lowest BCUT2D eigenvalue weighted by Gasteiger charge is -2.30. The number of aromatic hydroxyl groups is 2. The fourth-order valence-electron chi connectivity index (χ4n) is 3.41. The minimum absolute atomic E-state index is 0.0364. The van der Waals surface area contributed by atoms with Crippen molar-refractivity contribution in [1.29, 1.82) is 0 Å². The lowest BCUT2D eigenvalue weighted by atomic mass is 9.76. The molecule has 116 valence electrons. The van der Waals surface area contributed by atoms with Crippen molar-refractivity contribution in [2.24, 2.45) is 0 Å². The molecule has 0 atom stereocenters. The van der Waals surface area contributed by atoms with Gasteiger partial charge in [-0.25, -0.2) is 0 Å². The van der Waals surface area contributed by atoms with E-state index in [1.165, 1.54) is 17.7 Å². The third-order valence-corrected chi connectivity index (χ3v) is 5.26. The quantitative estimate of drug-likeness (QED) is 0.675. The molecule has 0 spiro atoms. The van der Waals surface area contributed by atoms with Crippen molar-refractivity contribution >= 4 is 23.2 Å². The van der Waals surface area contributed by atoms with E-state index in [1.54, 1.807) is 0 Å². The van der Waals surface area contributed by atoms with Crippen molar-refractivity contribution in [3.63, 3.8) is 0 Å². The molecule has 1 aliphatic carbocycles. The summed E-state index contributed by atoms with van der Waals surface area (Å²) >= 11 is 12.1. The molecule has 0 bridgehead atoms. The van der Waals surface area contributed by atoms with Gasteiger partial charge in [-0.3, -0.25) is 0 Å². The first-order chi connectivity index (χ1) is 10.6. The smallest absolute Gasteiger partial charge is 0.134 e. The molecule has 0 saturated heterocycles. The molecule has 0 aromatic heterocycles. The molecule has 3 rings (SSSR count). The van der Waals surface area contributed by atoms with E-state index >= 15 is 0 Å². The van der Waals surface area contributed by atoms with Gasteiger partial charge in [0.05, 0.1) is 5.02 Å². The Morgan fingerprint density at radius 2 is 1.27 bits per heavy atom. The molecule has 4 heteroatoms. The van der Waals surface area contributed by atoms with Crippen molar-refractivity contribution in [1.82, 2.24) is 0 Å². The highest BCUT2D eigenvalue weighted by atomic mass is 35.5. The Kier molecular flexibility index (Phi) is 4.51. The first-order valence-corrected chi connectivity index (χ1v) is 8.27. The largest absolute Gasteiger partial charge is 0.508 e. The van der Waals surface area contributed by atoms with Crippen LogP contribution in [0.15, 0.2) is 36.4 Å². The highest BCUT2D eigenvalue weighted by molar-refractivity contribution is 6.33. The summed E-state index contributed by atoms with van der Waals surface area (Å²) in [4.78, 5) is 0. The SMILES string of the molecule is Oc1ccc(O)c(C2CCC(c3ccc(Cl)cc3)CC2)c1Cl. The van der Waals surface area contributed by atoms with Crippen LogP contribution in [0.3, 0.4) is 0 Å². The van der Waals surface area contributed by atoms with Crippen LogP contribution in [0.25, 0.3) is 0 Å². The van der Waals surface area contributed by atoms with Crippen LogP contribution in [0.1, 0.15) is 48.6 Å². The molecule has 1 fully saturated rings. The Balaban J connectivity index is 1.75. The van der Waals surface area contributed by atoms with Gasteiger partial charge in [-0.05, 0) is 67.3 Å². The topological polar surface area (TPSA) is 40.5 Å². The van der Waals surface area contributed by atoms with Crippen molar-refractivity contribution in [3.05, 3.63) is 57.6 Å². The van der Waals surface area contributed by atoms with E-state index in [9.17, 15) is 10.2 Å². The van der Waals surface area contributed by atoms with Crippen LogP contribution in [0.5, 0.6) is 11.5 Å². The van der Waals surface area contributed by atoms with Gasteiger partial charge in [-0.2, -0.15) is 0 Å². The molecule has 0 amide bonds. The van der Waals surface area contributed by atoms with E-state index in [0.717, 1.165) is 30.7 Å². The number of hydrogen-bond donors (Lipinski definition) is 2. The number of hydrogen-bond acceptors (Lipinski definition) is 2. The number of benzene rings is 2. The van der Waals surface area contributed by atoms with E-state index in [2.05, 4.69) is 12.1 Å². The Labute approximate surface area is 140 Å². The van der Waals surface area contributed by atoms with Crippen LogP contribution in [0.2, 0.25) is 10.0 Å². The first-order valence-electron chi connectivity index (χ1n) is 7.52. The van der Waals surface area contributed by atoms with E-state index in [4.69, 9.17) is 23.2 Å². The molecule has 1 aliphatic rings. The van der Waals surface area contributed by atoms with Crippen LogP contribution in [-0.4, -0.2) is 10.2 Å². The fraction of sp³-hybridized carbons (Fsp3) is 0.333. The summed E-state index contributed by atoms with van der Waals surface area (Å²) in [6.45, 7) is 0. The second kappa shape index (κ2) is 6.39. The van der Waals surface area contributed by atoms with E-state index in [-0.39, 0.29) is 22.4 Å². The van der Waals surface area contributed by atoms with Crippen LogP contribution in [-0.2, 0) is 0 Å². The van der Waals surface area contributed by atoms with Crippen molar-refractivity contribution in [3.8, 4) is 11.5 Å². The van der Waals surface area contributed by atoms with Gasteiger partial charge in [0.25, 0.3) is 0 Å². The maximum atomic E-state index is 10.1. The lowest BCUT2D eigenvalue weighted by Crippen LogP contribution is -2.12. The number of phenolic OH excluding ortho intramolecular Hbond substituents is 2. The summed E-state index contributed by atoms with van der Waals surface area (Å²) in [5, 5.41) is 20.9. The molecule has 0 heterocycles. The van der Waals surface area contributed by atoms with Crippen molar-refractivity contribution in [2.45, 2.75) is 37.5 Å². The summed E-state index contributed by atoms with van der Waals surface area (Å²) in [7, 11) is 0. The Morgan fingerprint density at radius 3 is 1.91 bits per heavy atom. The van der Waals surface area contributed by atoms with Gasteiger partial charge in [0.1, 0.15) is 11.5 Å². The average molecular weight is 337 g/mol. The Morgan fingerprint density at radius 1 is 0.727 bits per heavy atom. The van der Waals surface area contributed by atoms with Gasteiger partial charge in [-0.1, -0.05) is 35.3 Å². The molecule has 2 N–H and O–H groups in total. The minimum atomic E-state index is 0.0364. The number of rotatable bonds is 2. The van der Waals surface area contributed by atoms with Gasteiger partial charge in [-0.15, -0.1) is 0 Å². The van der Waals surface area contributed by atoms with Gasteiger partial charge in [0, 0.05) is 10.6 Å². The highest BCUT2D eigenvalue weighted by Gasteiger charge is 2.27. The fourth-order valence-corrected chi connectivity index (χ4v) is 3.85.